The highest BCUT2D eigenvalue weighted by Crippen LogP contribution is 2.49. The Hall–Kier alpha value is -6.32. The molecule has 0 N–H and O–H groups in total. The van der Waals surface area contributed by atoms with Crippen LogP contribution in [0.4, 0.5) is 0 Å². The lowest BCUT2D eigenvalue weighted by atomic mass is 9.85. The molecule has 0 saturated heterocycles. The van der Waals surface area contributed by atoms with Crippen LogP contribution in [0.3, 0.4) is 0 Å². The third kappa shape index (κ3) is 4.36. The monoisotopic (exact) mass is 718 g/mol. The number of benzene rings is 10. The van der Waals surface area contributed by atoms with Crippen molar-refractivity contribution < 1.29 is 0 Å². The summed E-state index contributed by atoms with van der Waals surface area (Å²) >= 11 is 3.84. The molecule has 0 radical (unpaired) electrons. The van der Waals surface area contributed by atoms with Crippen molar-refractivity contribution in [3.63, 3.8) is 0 Å². The van der Waals surface area contributed by atoms with Crippen molar-refractivity contribution >= 4 is 106 Å². The summed E-state index contributed by atoms with van der Waals surface area (Å²) in [4.78, 5) is 0. The molecule has 0 fully saturated rings. The van der Waals surface area contributed by atoms with Crippen molar-refractivity contribution in [2.24, 2.45) is 0 Å². The zero-order valence-electron chi connectivity index (χ0n) is 29.1. The Morgan fingerprint density at radius 2 is 0.833 bits per heavy atom. The standard InChI is InChI=1S/C52H30S2/c1-2-12-31(13-3-1)48-38-16-6-8-18-40(38)49(41-19-9-7-17-39(41)48)35-25-23-32-28-34(24-22-33(32)29-35)44-30-47-50(37-15-5-4-14-36(37)44)43-26-27-46-51(52(43)54-47)42-20-10-11-21-45(42)53-46/h1-30H. The van der Waals surface area contributed by atoms with Gasteiger partial charge in [-0.15, -0.1) is 22.7 Å². The zero-order chi connectivity index (χ0) is 35.3. The summed E-state index contributed by atoms with van der Waals surface area (Å²) in [5.41, 5.74) is 7.62. The van der Waals surface area contributed by atoms with Crippen LogP contribution in [0.5, 0.6) is 0 Å². The second kappa shape index (κ2) is 11.6. The molecule has 12 rings (SSSR count). The van der Waals surface area contributed by atoms with Gasteiger partial charge in [-0.05, 0) is 107 Å². The molecular weight excluding hydrogens is 689 g/mol. The molecule has 0 saturated carbocycles. The minimum absolute atomic E-state index is 1.24. The third-order valence-electron chi connectivity index (χ3n) is 11.4. The largest absolute Gasteiger partial charge is 0.135 e. The molecule has 0 aliphatic carbocycles. The van der Waals surface area contributed by atoms with E-state index in [2.05, 4.69) is 182 Å². The van der Waals surface area contributed by atoms with Crippen molar-refractivity contribution in [1.29, 1.82) is 0 Å². The maximum Gasteiger partial charge on any atom is 0.0448 e. The third-order valence-corrected chi connectivity index (χ3v) is 13.7. The molecule has 0 spiro atoms. The first-order valence-corrected chi connectivity index (χ1v) is 20.1. The van der Waals surface area contributed by atoms with E-state index in [-0.39, 0.29) is 0 Å². The van der Waals surface area contributed by atoms with E-state index in [9.17, 15) is 0 Å². The van der Waals surface area contributed by atoms with Crippen LogP contribution in [-0.2, 0) is 0 Å². The molecule has 250 valence electrons. The normalized spacial score (nSPS) is 12.1. The quantitative estimate of drug-likeness (QED) is 0.160. The smallest absolute Gasteiger partial charge is 0.0448 e. The van der Waals surface area contributed by atoms with Gasteiger partial charge in [0.2, 0.25) is 0 Å². The van der Waals surface area contributed by atoms with Gasteiger partial charge in [-0.1, -0.05) is 152 Å². The fourth-order valence-corrected chi connectivity index (χ4v) is 11.6. The molecule has 0 aliphatic heterocycles. The van der Waals surface area contributed by atoms with Crippen LogP contribution < -0.4 is 0 Å². The van der Waals surface area contributed by atoms with E-state index in [4.69, 9.17) is 0 Å². The molecule has 12 aromatic rings. The Morgan fingerprint density at radius 1 is 0.278 bits per heavy atom. The topological polar surface area (TPSA) is 0 Å². The number of hydrogen-bond donors (Lipinski definition) is 0. The van der Waals surface area contributed by atoms with Gasteiger partial charge in [0, 0.05) is 40.3 Å². The number of hydrogen-bond acceptors (Lipinski definition) is 2. The average molecular weight is 719 g/mol. The SMILES string of the molecule is c1ccc(-c2c3ccccc3c(-c3ccc4cc(-c5cc6sc7c(ccc8sc9ccccc9c87)c6c6ccccc56)ccc4c3)c3ccccc23)cc1. The molecule has 10 aromatic carbocycles. The summed E-state index contributed by atoms with van der Waals surface area (Å²) in [5, 5.41) is 15.7. The maximum atomic E-state index is 2.45. The lowest BCUT2D eigenvalue weighted by Gasteiger charge is -2.18. The molecule has 2 aromatic heterocycles. The average Bonchev–Trinajstić information content (AvgIpc) is 3.81. The first-order valence-electron chi connectivity index (χ1n) is 18.5. The molecule has 0 bridgehead atoms. The highest BCUT2D eigenvalue weighted by Gasteiger charge is 2.19. The van der Waals surface area contributed by atoms with E-state index in [1.54, 1.807) is 0 Å². The van der Waals surface area contributed by atoms with E-state index in [1.807, 2.05) is 22.7 Å². The molecule has 2 heteroatoms. The van der Waals surface area contributed by atoms with Crippen LogP contribution in [0.2, 0.25) is 0 Å². The summed E-state index contributed by atoms with van der Waals surface area (Å²) < 4.78 is 5.45. The van der Waals surface area contributed by atoms with Crippen LogP contribution >= 0.6 is 22.7 Å². The van der Waals surface area contributed by atoms with Crippen LogP contribution in [0.25, 0.3) is 117 Å². The lowest BCUT2D eigenvalue weighted by molar-refractivity contribution is 1.66. The van der Waals surface area contributed by atoms with Crippen molar-refractivity contribution in [3.05, 3.63) is 182 Å². The molecule has 0 amide bonds. The summed E-state index contributed by atoms with van der Waals surface area (Å²) in [5.74, 6) is 0. The lowest BCUT2D eigenvalue weighted by Crippen LogP contribution is -1.91. The zero-order valence-corrected chi connectivity index (χ0v) is 30.8. The Labute approximate surface area is 319 Å². The summed E-state index contributed by atoms with van der Waals surface area (Å²) in [6.45, 7) is 0. The van der Waals surface area contributed by atoms with Crippen molar-refractivity contribution in [3.8, 4) is 33.4 Å². The van der Waals surface area contributed by atoms with Gasteiger partial charge >= 0.3 is 0 Å². The van der Waals surface area contributed by atoms with Crippen LogP contribution in [0.1, 0.15) is 0 Å². The van der Waals surface area contributed by atoms with Crippen LogP contribution in [0, 0.1) is 0 Å². The van der Waals surface area contributed by atoms with E-state index in [0.29, 0.717) is 0 Å². The van der Waals surface area contributed by atoms with Gasteiger partial charge in [-0.25, -0.2) is 0 Å². The van der Waals surface area contributed by atoms with Crippen molar-refractivity contribution in [1.82, 2.24) is 0 Å². The van der Waals surface area contributed by atoms with E-state index >= 15 is 0 Å². The first-order chi connectivity index (χ1) is 26.8. The Bertz CT molecular complexity index is 3430. The van der Waals surface area contributed by atoms with Gasteiger partial charge < -0.3 is 0 Å². The van der Waals surface area contributed by atoms with Gasteiger partial charge in [-0.2, -0.15) is 0 Å². The minimum atomic E-state index is 1.24. The van der Waals surface area contributed by atoms with Gasteiger partial charge in [0.05, 0.1) is 0 Å². The predicted octanol–water partition coefficient (Wildman–Crippen LogP) is 16.0. The molecule has 54 heavy (non-hydrogen) atoms. The van der Waals surface area contributed by atoms with Gasteiger partial charge in [0.15, 0.2) is 0 Å². The summed E-state index contributed by atoms with van der Waals surface area (Å²) in [7, 11) is 0. The summed E-state index contributed by atoms with van der Waals surface area (Å²) in [6.07, 6.45) is 0. The number of thiophene rings is 2. The molecule has 0 unspecified atom stereocenters. The van der Waals surface area contributed by atoms with Crippen LogP contribution in [-0.4, -0.2) is 0 Å². The van der Waals surface area contributed by atoms with E-state index in [1.165, 1.54) is 117 Å². The first kappa shape index (κ1) is 30.2. The fraction of sp³-hybridized carbons (Fsp3) is 0. The van der Waals surface area contributed by atoms with Gasteiger partial charge in [0.1, 0.15) is 0 Å². The highest BCUT2D eigenvalue weighted by atomic mass is 32.1. The molecule has 2 heterocycles. The Balaban J connectivity index is 1.05. The second-order valence-electron chi connectivity index (χ2n) is 14.3. The molecule has 0 nitrogen and oxygen atoms in total. The van der Waals surface area contributed by atoms with Crippen molar-refractivity contribution in [2.45, 2.75) is 0 Å². The highest BCUT2D eigenvalue weighted by molar-refractivity contribution is 7.30. The van der Waals surface area contributed by atoms with E-state index < -0.39 is 0 Å². The fourth-order valence-electron chi connectivity index (χ4n) is 9.07. The molecule has 0 aliphatic rings. The second-order valence-corrected chi connectivity index (χ2v) is 16.5. The predicted molar refractivity (Wildman–Crippen MR) is 239 cm³/mol. The van der Waals surface area contributed by atoms with Gasteiger partial charge in [-0.3, -0.25) is 0 Å². The summed E-state index contributed by atoms with van der Waals surface area (Å²) in [6, 6.07) is 67.7. The number of rotatable bonds is 3. The van der Waals surface area contributed by atoms with Gasteiger partial charge in [0.25, 0.3) is 0 Å². The number of fused-ring (bicyclic) bond motifs is 12. The van der Waals surface area contributed by atoms with E-state index in [0.717, 1.165) is 0 Å². The molecular formula is C52H30S2. The van der Waals surface area contributed by atoms with Crippen molar-refractivity contribution in [2.75, 3.05) is 0 Å². The Kier molecular flexibility index (Phi) is 6.48. The Morgan fingerprint density at radius 3 is 1.54 bits per heavy atom. The minimum Gasteiger partial charge on any atom is -0.135 e. The van der Waals surface area contributed by atoms with Crippen LogP contribution in [0.15, 0.2) is 182 Å². The maximum absolute atomic E-state index is 2.45. The molecule has 0 atom stereocenters.